The molecule has 1 aliphatic heterocycles. The summed E-state index contributed by atoms with van der Waals surface area (Å²) in [5.41, 5.74) is 0.0199. The molecule has 0 bridgehead atoms. The Morgan fingerprint density at radius 1 is 1.29 bits per heavy atom. The fraction of sp³-hybridized carbons (Fsp3) is 0.750. The Bertz CT molecular complexity index is 500. The first-order chi connectivity index (χ1) is 10.1. The zero-order valence-corrected chi connectivity index (χ0v) is 13.6. The van der Waals surface area contributed by atoms with Gasteiger partial charge < -0.3 is 10.1 Å². The lowest BCUT2D eigenvalue weighted by atomic mass is 9.86. The largest absolute Gasteiger partial charge is 0.375 e. The standard InChI is InChI=1S/C16H24ClN3O/c1-3-16(4-2)10-12(7-8-21-16)18-14-9-13(17)19-15(20-14)11-5-6-11/h9,11-12H,3-8,10H2,1-2H3,(H,18,19,20). The van der Waals surface area contributed by atoms with Crippen molar-refractivity contribution in [3.63, 3.8) is 0 Å². The molecule has 1 aliphatic carbocycles. The van der Waals surface area contributed by atoms with Crippen LogP contribution in [0.1, 0.15) is 64.1 Å². The molecule has 1 aromatic rings. The van der Waals surface area contributed by atoms with Crippen LogP contribution >= 0.6 is 11.6 Å². The summed E-state index contributed by atoms with van der Waals surface area (Å²) in [6.45, 7) is 5.23. The van der Waals surface area contributed by atoms with E-state index in [-0.39, 0.29) is 5.60 Å². The number of aromatic nitrogens is 2. The maximum atomic E-state index is 6.13. The summed E-state index contributed by atoms with van der Waals surface area (Å²) >= 11 is 6.13. The molecule has 0 spiro atoms. The molecule has 0 amide bonds. The molecule has 5 heteroatoms. The molecule has 3 rings (SSSR count). The third-order valence-corrected chi connectivity index (χ3v) is 4.98. The van der Waals surface area contributed by atoms with Gasteiger partial charge in [-0.25, -0.2) is 9.97 Å². The average Bonchev–Trinajstić information content (AvgIpc) is 3.31. The Morgan fingerprint density at radius 2 is 2.05 bits per heavy atom. The summed E-state index contributed by atoms with van der Waals surface area (Å²) in [5, 5.41) is 4.09. The summed E-state index contributed by atoms with van der Waals surface area (Å²) in [7, 11) is 0. The number of halogens is 1. The van der Waals surface area contributed by atoms with E-state index in [0.717, 1.165) is 43.9 Å². The Morgan fingerprint density at radius 3 is 2.71 bits per heavy atom. The average molecular weight is 310 g/mol. The number of nitrogens with one attached hydrogen (secondary N) is 1. The van der Waals surface area contributed by atoms with E-state index in [9.17, 15) is 0 Å². The lowest BCUT2D eigenvalue weighted by Gasteiger charge is -2.40. The second-order valence-electron chi connectivity index (χ2n) is 6.28. The summed E-state index contributed by atoms with van der Waals surface area (Å²) in [6, 6.07) is 2.24. The van der Waals surface area contributed by atoms with Crippen LogP contribution in [-0.2, 0) is 4.74 Å². The van der Waals surface area contributed by atoms with Crippen molar-refractivity contribution in [1.82, 2.24) is 9.97 Å². The first-order valence-electron chi connectivity index (χ1n) is 8.09. The SMILES string of the molecule is CCC1(CC)CC(Nc2cc(Cl)nc(C3CC3)n2)CCO1. The fourth-order valence-corrected chi connectivity index (χ4v) is 3.33. The Hall–Kier alpha value is -0.870. The molecular weight excluding hydrogens is 286 g/mol. The van der Waals surface area contributed by atoms with Crippen LogP contribution in [0.4, 0.5) is 5.82 Å². The Labute approximate surface area is 131 Å². The summed E-state index contributed by atoms with van der Waals surface area (Å²) < 4.78 is 6.03. The lowest BCUT2D eigenvalue weighted by Crippen LogP contribution is -2.43. The maximum Gasteiger partial charge on any atom is 0.135 e. The second kappa shape index (κ2) is 6.09. The fourth-order valence-electron chi connectivity index (χ4n) is 3.14. The van der Waals surface area contributed by atoms with Gasteiger partial charge in [0.05, 0.1) is 5.60 Å². The molecule has 2 aliphatic rings. The van der Waals surface area contributed by atoms with Gasteiger partial charge in [-0.2, -0.15) is 0 Å². The molecule has 1 aromatic heterocycles. The van der Waals surface area contributed by atoms with Crippen LogP contribution in [0.25, 0.3) is 0 Å². The zero-order valence-electron chi connectivity index (χ0n) is 12.9. The normalized spacial score (nSPS) is 24.8. The van der Waals surface area contributed by atoms with Crippen molar-refractivity contribution >= 4 is 17.4 Å². The number of nitrogens with zero attached hydrogens (tertiary/aromatic N) is 2. The number of hydrogen-bond donors (Lipinski definition) is 1. The molecule has 4 nitrogen and oxygen atoms in total. The van der Waals surface area contributed by atoms with Gasteiger partial charge >= 0.3 is 0 Å². The van der Waals surface area contributed by atoms with E-state index in [2.05, 4.69) is 29.1 Å². The van der Waals surface area contributed by atoms with Crippen LogP contribution in [0.3, 0.4) is 0 Å². The van der Waals surface area contributed by atoms with Crippen molar-refractivity contribution < 1.29 is 4.74 Å². The highest BCUT2D eigenvalue weighted by molar-refractivity contribution is 6.29. The van der Waals surface area contributed by atoms with Crippen molar-refractivity contribution in [3.05, 3.63) is 17.0 Å². The first-order valence-corrected chi connectivity index (χ1v) is 8.47. The van der Waals surface area contributed by atoms with Gasteiger partial charge in [0.2, 0.25) is 0 Å². The number of hydrogen-bond acceptors (Lipinski definition) is 4. The van der Waals surface area contributed by atoms with E-state index in [0.29, 0.717) is 17.1 Å². The highest BCUT2D eigenvalue weighted by Gasteiger charge is 2.35. The Balaban J connectivity index is 1.71. The smallest absolute Gasteiger partial charge is 0.135 e. The third-order valence-electron chi connectivity index (χ3n) is 4.79. The minimum atomic E-state index is 0.0199. The number of ether oxygens (including phenoxy) is 1. The number of anilines is 1. The molecule has 0 radical (unpaired) electrons. The summed E-state index contributed by atoms with van der Waals surface area (Å²) in [6.07, 6.45) is 6.53. The summed E-state index contributed by atoms with van der Waals surface area (Å²) in [4.78, 5) is 8.98. The predicted octanol–water partition coefficient (Wildman–Crippen LogP) is 4.16. The number of rotatable bonds is 5. The summed E-state index contributed by atoms with van der Waals surface area (Å²) in [5.74, 6) is 2.28. The van der Waals surface area contributed by atoms with Gasteiger partial charge in [-0.1, -0.05) is 25.4 Å². The van der Waals surface area contributed by atoms with E-state index in [1.54, 1.807) is 0 Å². The van der Waals surface area contributed by atoms with E-state index < -0.39 is 0 Å². The molecule has 2 fully saturated rings. The Kier molecular flexibility index (Phi) is 4.36. The van der Waals surface area contributed by atoms with Gasteiger partial charge in [-0.15, -0.1) is 0 Å². The van der Waals surface area contributed by atoms with Crippen LogP contribution < -0.4 is 5.32 Å². The molecule has 1 N–H and O–H groups in total. The van der Waals surface area contributed by atoms with Crippen molar-refractivity contribution in [3.8, 4) is 0 Å². The van der Waals surface area contributed by atoms with Gasteiger partial charge in [0.15, 0.2) is 0 Å². The molecule has 1 saturated carbocycles. The van der Waals surface area contributed by atoms with Gasteiger partial charge in [-0.3, -0.25) is 0 Å². The highest BCUT2D eigenvalue weighted by Crippen LogP contribution is 2.39. The minimum Gasteiger partial charge on any atom is -0.375 e. The quantitative estimate of drug-likeness (QED) is 0.830. The van der Waals surface area contributed by atoms with Crippen LogP contribution in [0.15, 0.2) is 6.07 Å². The zero-order chi connectivity index (χ0) is 14.9. The molecule has 0 aromatic carbocycles. The van der Waals surface area contributed by atoms with Crippen LogP contribution in [0.2, 0.25) is 5.15 Å². The van der Waals surface area contributed by atoms with Gasteiger partial charge in [0.25, 0.3) is 0 Å². The molecular formula is C16H24ClN3O. The lowest BCUT2D eigenvalue weighted by molar-refractivity contribution is -0.0864. The molecule has 1 atom stereocenters. The molecule has 116 valence electrons. The van der Waals surface area contributed by atoms with E-state index in [1.165, 1.54) is 12.8 Å². The monoisotopic (exact) mass is 309 g/mol. The first kappa shape index (κ1) is 15.0. The van der Waals surface area contributed by atoms with E-state index in [4.69, 9.17) is 16.3 Å². The predicted molar refractivity (Wildman–Crippen MR) is 84.9 cm³/mol. The second-order valence-corrected chi connectivity index (χ2v) is 6.67. The van der Waals surface area contributed by atoms with E-state index in [1.807, 2.05) is 6.07 Å². The molecule has 1 saturated heterocycles. The third kappa shape index (κ3) is 3.49. The van der Waals surface area contributed by atoms with Crippen molar-refractivity contribution in [1.29, 1.82) is 0 Å². The molecule has 1 unspecified atom stereocenters. The van der Waals surface area contributed by atoms with Crippen molar-refractivity contribution in [2.75, 3.05) is 11.9 Å². The highest BCUT2D eigenvalue weighted by atomic mass is 35.5. The van der Waals surface area contributed by atoms with Gasteiger partial charge in [0, 0.05) is 24.6 Å². The maximum absolute atomic E-state index is 6.13. The van der Waals surface area contributed by atoms with Crippen molar-refractivity contribution in [2.24, 2.45) is 0 Å². The van der Waals surface area contributed by atoms with Gasteiger partial charge in [-0.05, 0) is 38.5 Å². The van der Waals surface area contributed by atoms with Gasteiger partial charge in [0.1, 0.15) is 16.8 Å². The molecule has 2 heterocycles. The topological polar surface area (TPSA) is 47.0 Å². The minimum absolute atomic E-state index is 0.0199. The van der Waals surface area contributed by atoms with Crippen LogP contribution in [-0.4, -0.2) is 28.2 Å². The van der Waals surface area contributed by atoms with Crippen LogP contribution in [0, 0.1) is 0 Å². The molecule has 21 heavy (non-hydrogen) atoms. The van der Waals surface area contributed by atoms with E-state index >= 15 is 0 Å². The van der Waals surface area contributed by atoms with Crippen molar-refractivity contribution in [2.45, 2.75) is 69.9 Å². The van der Waals surface area contributed by atoms with Crippen LogP contribution in [0.5, 0.6) is 0 Å².